The van der Waals surface area contributed by atoms with Crippen molar-refractivity contribution in [2.75, 3.05) is 18.8 Å². The second kappa shape index (κ2) is 6.51. The van der Waals surface area contributed by atoms with E-state index in [9.17, 15) is 13.2 Å². The number of hydrogen-bond donors (Lipinski definition) is 2. The lowest BCUT2D eigenvalue weighted by molar-refractivity contribution is 0.0954. The molecule has 1 aromatic rings. The maximum atomic E-state index is 11.7. The van der Waals surface area contributed by atoms with Crippen LogP contribution in [0.2, 0.25) is 0 Å². The first kappa shape index (κ1) is 14.7. The Labute approximate surface area is 108 Å². The largest absolute Gasteiger partial charge is 0.351 e. The number of sulfonamides is 1. The molecule has 0 heterocycles. The third-order valence-electron chi connectivity index (χ3n) is 2.39. The van der Waals surface area contributed by atoms with Gasteiger partial charge in [0.05, 0.1) is 5.75 Å². The van der Waals surface area contributed by atoms with Crippen LogP contribution in [0, 0.1) is 6.92 Å². The van der Waals surface area contributed by atoms with Crippen LogP contribution in [0.1, 0.15) is 22.8 Å². The molecule has 18 heavy (non-hydrogen) atoms. The molecule has 1 amide bonds. The second-order valence-corrected chi connectivity index (χ2v) is 6.02. The predicted molar refractivity (Wildman–Crippen MR) is 71.0 cm³/mol. The van der Waals surface area contributed by atoms with Gasteiger partial charge < -0.3 is 5.32 Å². The first-order chi connectivity index (χ1) is 8.44. The van der Waals surface area contributed by atoms with E-state index >= 15 is 0 Å². The Balaban J connectivity index is 2.39. The van der Waals surface area contributed by atoms with Crippen molar-refractivity contribution in [2.24, 2.45) is 0 Å². The summed E-state index contributed by atoms with van der Waals surface area (Å²) in [5.74, 6) is -0.159. The Hall–Kier alpha value is -1.40. The normalized spacial score (nSPS) is 11.2. The first-order valence-corrected chi connectivity index (χ1v) is 7.42. The molecular formula is C12H18N2O3S. The van der Waals surface area contributed by atoms with Gasteiger partial charge in [-0.05, 0) is 26.0 Å². The molecule has 0 aliphatic rings. The smallest absolute Gasteiger partial charge is 0.251 e. The molecule has 0 spiro atoms. The topological polar surface area (TPSA) is 75.3 Å². The highest BCUT2D eigenvalue weighted by atomic mass is 32.2. The van der Waals surface area contributed by atoms with Crippen LogP contribution < -0.4 is 10.0 Å². The number of carbonyl (C=O) groups excluding carboxylic acids is 1. The van der Waals surface area contributed by atoms with Gasteiger partial charge in [0.2, 0.25) is 10.0 Å². The molecule has 0 atom stereocenters. The van der Waals surface area contributed by atoms with E-state index < -0.39 is 10.0 Å². The molecule has 5 nitrogen and oxygen atoms in total. The number of benzene rings is 1. The van der Waals surface area contributed by atoms with Gasteiger partial charge in [-0.25, -0.2) is 13.1 Å². The van der Waals surface area contributed by atoms with Crippen molar-refractivity contribution in [1.29, 1.82) is 0 Å². The van der Waals surface area contributed by atoms with E-state index in [0.29, 0.717) is 5.56 Å². The molecule has 0 aliphatic carbocycles. The van der Waals surface area contributed by atoms with Gasteiger partial charge in [-0.1, -0.05) is 17.7 Å². The molecule has 100 valence electrons. The van der Waals surface area contributed by atoms with Crippen molar-refractivity contribution in [1.82, 2.24) is 10.0 Å². The summed E-state index contributed by atoms with van der Waals surface area (Å²) in [6, 6.07) is 7.22. The van der Waals surface area contributed by atoms with Crippen LogP contribution >= 0.6 is 0 Å². The van der Waals surface area contributed by atoms with Crippen LogP contribution in [0.5, 0.6) is 0 Å². The zero-order valence-electron chi connectivity index (χ0n) is 10.6. The third kappa shape index (κ3) is 4.85. The fraction of sp³-hybridized carbons (Fsp3) is 0.417. The molecule has 1 rings (SSSR count). The summed E-state index contributed by atoms with van der Waals surface area (Å²) in [4.78, 5) is 11.7. The van der Waals surface area contributed by atoms with Crippen LogP contribution in [-0.4, -0.2) is 33.2 Å². The summed E-state index contributed by atoms with van der Waals surface area (Å²) >= 11 is 0. The monoisotopic (exact) mass is 270 g/mol. The molecule has 0 aromatic heterocycles. The average Bonchev–Trinajstić information content (AvgIpc) is 2.34. The minimum absolute atomic E-state index is 0.0405. The molecule has 6 heteroatoms. The molecule has 0 fully saturated rings. The summed E-state index contributed by atoms with van der Waals surface area (Å²) in [5.41, 5.74) is 1.59. The quantitative estimate of drug-likeness (QED) is 0.746. The number of amides is 1. The highest BCUT2D eigenvalue weighted by Gasteiger charge is 2.07. The van der Waals surface area contributed by atoms with Gasteiger partial charge in [-0.15, -0.1) is 0 Å². The predicted octanol–water partition coefficient (Wildman–Crippen LogP) is 0.664. The molecule has 0 saturated carbocycles. The Morgan fingerprint density at radius 2 is 2.00 bits per heavy atom. The Kier molecular flexibility index (Phi) is 5.30. The number of hydrogen-bond acceptors (Lipinski definition) is 3. The van der Waals surface area contributed by atoms with Crippen LogP contribution in [-0.2, 0) is 10.0 Å². The van der Waals surface area contributed by atoms with Crippen molar-refractivity contribution < 1.29 is 13.2 Å². The van der Waals surface area contributed by atoms with Crippen LogP contribution in [0.3, 0.4) is 0 Å². The van der Waals surface area contributed by atoms with Gasteiger partial charge in [0, 0.05) is 18.7 Å². The molecule has 0 saturated heterocycles. The van der Waals surface area contributed by atoms with Crippen molar-refractivity contribution in [2.45, 2.75) is 13.8 Å². The van der Waals surface area contributed by atoms with Gasteiger partial charge in [0.15, 0.2) is 0 Å². The zero-order valence-corrected chi connectivity index (χ0v) is 11.4. The lowest BCUT2D eigenvalue weighted by Gasteiger charge is -2.07. The van der Waals surface area contributed by atoms with E-state index in [2.05, 4.69) is 10.0 Å². The van der Waals surface area contributed by atoms with Crippen molar-refractivity contribution >= 4 is 15.9 Å². The Bertz CT molecular complexity index is 512. The maximum absolute atomic E-state index is 11.7. The van der Waals surface area contributed by atoms with Gasteiger partial charge in [0.1, 0.15) is 0 Å². The highest BCUT2D eigenvalue weighted by molar-refractivity contribution is 7.89. The van der Waals surface area contributed by atoms with Gasteiger partial charge in [-0.3, -0.25) is 4.79 Å². The zero-order chi connectivity index (χ0) is 13.6. The van der Waals surface area contributed by atoms with Crippen LogP contribution in [0.4, 0.5) is 0 Å². The van der Waals surface area contributed by atoms with Crippen molar-refractivity contribution in [3.63, 3.8) is 0 Å². The van der Waals surface area contributed by atoms with Crippen LogP contribution in [0.15, 0.2) is 24.3 Å². The minimum atomic E-state index is -3.19. The molecule has 1 aromatic carbocycles. The summed E-state index contributed by atoms with van der Waals surface area (Å²) in [6.07, 6.45) is 0. The van der Waals surface area contributed by atoms with E-state index in [1.54, 1.807) is 19.1 Å². The average molecular weight is 270 g/mol. The fourth-order valence-corrected chi connectivity index (χ4v) is 1.99. The van der Waals surface area contributed by atoms with Crippen LogP contribution in [0.25, 0.3) is 0 Å². The second-order valence-electron chi connectivity index (χ2n) is 3.92. The Morgan fingerprint density at radius 3 is 2.61 bits per heavy atom. The number of nitrogens with one attached hydrogen (secondary N) is 2. The van der Waals surface area contributed by atoms with E-state index in [1.165, 1.54) is 0 Å². The summed E-state index contributed by atoms with van der Waals surface area (Å²) in [7, 11) is -3.19. The van der Waals surface area contributed by atoms with E-state index in [4.69, 9.17) is 0 Å². The van der Waals surface area contributed by atoms with Crippen molar-refractivity contribution in [3.8, 4) is 0 Å². The van der Waals surface area contributed by atoms with Crippen molar-refractivity contribution in [3.05, 3.63) is 35.4 Å². The SMILES string of the molecule is CCS(=O)(=O)NCCNC(=O)c1cccc(C)c1. The van der Waals surface area contributed by atoms with Gasteiger partial charge >= 0.3 is 0 Å². The summed E-state index contributed by atoms with van der Waals surface area (Å²) in [6.45, 7) is 3.94. The van der Waals surface area contributed by atoms with Gasteiger partial charge in [-0.2, -0.15) is 0 Å². The van der Waals surface area contributed by atoms with E-state index in [1.807, 2.05) is 19.1 Å². The standard InChI is InChI=1S/C12H18N2O3S/c1-3-18(16,17)14-8-7-13-12(15)11-6-4-5-10(2)9-11/h4-6,9,14H,3,7-8H2,1-2H3,(H,13,15). The first-order valence-electron chi connectivity index (χ1n) is 5.77. The molecule has 2 N–H and O–H groups in total. The Morgan fingerprint density at radius 1 is 1.28 bits per heavy atom. The molecule has 0 unspecified atom stereocenters. The van der Waals surface area contributed by atoms with Gasteiger partial charge in [0.25, 0.3) is 5.91 Å². The molecule has 0 bridgehead atoms. The third-order valence-corrected chi connectivity index (χ3v) is 3.80. The van der Waals surface area contributed by atoms with E-state index in [0.717, 1.165) is 5.56 Å². The number of rotatable bonds is 6. The lowest BCUT2D eigenvalue weighted by atomic mass is 10.1. The number of carbonyl (C=O) groups is 1. The molecule has 0 aliphatic heterocycles. The lowest BCUT2D eigenvalue weighted by Crippen LogP contribution is -2.35. The fourth-order valence-electron chi connectivity index (χ4n) is 1.37. The number of aryl methyl sites for hydroxylation is 1. The minimum Gasteiger partial charge on any atom is -0.351 e. The summed E-state index contributed by atoms with van der Waals surface area (Å²) < 4.78 is 24.7. The molecular weight excluding hydrogens is 252 g/mol. The van der Waals surface area contributed by atoms with E-state index in [-0.39, 0.29) is 24.7 Å². The highest BCUT2D eigenvalue weighted by Crippen LogP contribution is 2.03. The summed E-state index contributed by atoms with van der Waals surface area (Å²) in [5, 5.41) is 2.66. The molecule has 0 radical (unpaired) electrons. The maximum Gasteiger partial charge on any atom is 0.251 e.